The Kier molecular flexibility index (Phi) is 11.7. The molecule has 12 nitrogen and oxygen atoms in total. The highest BCUT2D eigenvalue weighted by Gasteiger charge is 2.43. The molecule has 2 aromatic carbocycles. The van der Waals surface area contributed by atoms with Crippen LogP contribution in [0.15, 0.2) is 54.6 Å². The number of ketones is 1. The topological polar surface area (TPSA) is 143 Å². The molecule has 264 valence electrons. The normalized spacial score (nSPS) is 16.9. The highest BCUT2D eigenvalue weighted by molar-refractivity contribution is 5.87. The van der Waals surface area contributed by atoms with Gasteiger partial charge in [-0.1, -0.05) is 51.1 Å². The van der Waals surface area contributed by atoms with Gasteiger partial charge in [0.05, 0.1) is 38.4 Å². The maximum Gasteiger partial charge on any atom is 0.411 e. The van der Waals surface area contributed by atoms with E-state index in [9.17, 15) is 19.2 Å². The molecule has 49 heavy (non-hydrogen) atoms. The highest BCUT2D eigenvalue weighted by atomic mass is 16.6. The van der Waals surface area contributed by atoms with Crippen molar-refractivity contribution in [3.63, 3.8) is 0 Å². The van der Waals surface area contributed by atoms with Gasteiger partial charge in [-0.25, -0.2) is 19.4 Å². The monoisotopic (exact) mass is 677 g/mol. The molecule has 1 aromatic heterocycles. The summed E-state index contributed by atoms with van der Waals surface area (Å²) >= 11 is 0. The highest BCUT2D eigenvalue weighted by Crippen LogP contribution is 2.36. The lowest BCUT2D eigenvalue weighted by Gasteiger charge is -2.28. The molecule has 1 aliphatic rings. The van der Waals surface area contributed by atoms with Crippen molar-refractivity contribution in [2.75, 3.05) is 26.9 Å². The third kappa shape index (κ3) is 10.1. The molecule has 12 heteroatoms. The molecule has 2 amide bonds. The van der Waals surface area contributed by atoms with Crippen LogP contribution in [-0.2, 0) is 23.8 Å². The summed E-state index contributed by atoms with van der Waals surface area (Å²) in [5.41, 5.74) is 1.03. The molecule has 0 unspecified atom stereocenters. The summed E-state index contributed by atoms with van der Waals surface area (Å²) in [6, 6.07) is 15.6. The number of methoxy groups -OCH3 is 1. The Hall–Kier alpha value is -4.87. The average molecular weight is 678 g/mol. The Labute approximate surface area is 287 Å². The van der Waals surface area contributed by atoms with Crippen molar-refractivity contribution in [3.8, 4) is 22.8 Å². The van der Waals surface area contributed by atoms with Crippen LogP contribution in [0.4, 0.5) is 9.59 Å². The van der Waals surface area contributed by atoms with E-state index < -0.39 is 47.4 Å². The number of rotatable bonds is 11. The molecule has 0 saturated carbocycles. The Morgan fingerprint density at radius 2 is 1.71 bits per heavy atom. The van der Waals surface area contributed by atoms with Crippen molar-refractivity contribution < 1.29 is 42.9 Å². The van der Waals surface area contributed by atoms with Crippen molar-refractivity contribution in [2.45, 2.75) is 85.1 Å². The lowest BCUT2D eigenvalue weighted by molar-refractivity contribution is -0.145. The van der Waals surface area contributed by atoms with Crippen LogP contribution in [0.3, 0.4) is 0 Å². The molecule has 0 bridgehead atoms. The van der Waals surface area contributed by atoms with E-state index in [1.165, 1.54) is 18.9 Å². The number of likely N-dealkylation sites (tertiary alicyclic amines) is 1. The molecule has 2 heterocycles. The fraction of sp³-hybridized carbons (Fsp3) is 0.486. The van der Waals surface area contributed by atoms with Gasteiger partial charge in [-0.2, -0.15) is 0 Å². The Morgan fingerprint density at radius 3 is 2.39 bits per heavy atom. The van der Waals surface area contributed by atoms with Gasteiger partial charge in [0.15, 0.2) is 5.78 Å². The molecular weight excluding hydrogens is 630 g/mol. The van der Waals surface area contributed by atoms with Crippen LogP contribution in [0.25, 0.3) is 22.0 Å². The van der Waals surface area contributed by atoms with Crippen molar-refractivity contribution >= 4 is 34.8 Å². The van der Waals surface area contributed by atoms with Crippen LogP contribution in [-0.4, -0.2) is 84.5 Å². The van der Waals surface area contributed by atoms with Crippen molar-refractivity contribution in [3.05, 3.63) is 54.6 Å². The smallest absolute Gasteiger partial charge is 0.411 e. The first-order valence-corrected chi connectivity index (χ1v) is 16.4. The SMILES string of the molecule is COC(=O)[C@@H]1C[C@@H](Oc2nc3ccccc3cc2-c2cccc(OCCCOC(=O)N[C@H](C(C)=O)C(C)(C)C)c2)CN1C(=O)OC(C)(C)C. The van der Waals surface area contributed by atoms with Gasteiger partial charge >= 0.3 is 18.2 Å². The molecule has 3 aromatic rings. The zero-order valence-corrected chi connectivity index (χ0v) is 29.5. The Bertz CT molecular complexity index is 1660. The largest absolute Gasteiger partial charge is 0.493 e. The van der Waals surface area contributed by atoms with Crippen LogP contribution in [0.1, 0.15) is 61.3 Å². The Balaban J connectivity index is 1.47. The quantitative estimate of drug-likeness (QED) is 0.139. The van der Waals surface area contributed by atoms with Gasteiger partial charge < -0.3 is 29.0 Å². The van der Waals surface area contributed by atoms with E-state index in [-0.39, 0.29) is 32.0 Å². The molecule has 1 aliphatic heterocycles. The first-order chi connectivity index (χ1) is 23.1. The number of ether oxygens (including phenoxy) is 5. The molecule has 4 rings (SSSR count). The third-order valence-electron chi connectivity index (χ3n) is 7.80. The van der Waals surface area contributed by atoms with Gasteiger partial charge in [-0.15, -0.1) is 0 Å². The summed E-state index contributed by atoms with van der Waals surface area (Å²) in [6.45, 7) is 12.9. The van der Waals surface area contributed by atoms with Gasteiger partial charge in [0, 0.05) is 23.8 Å². The minimum absolute atomic E-state index is 0.109. The third-order valence-corrected chi connectivity index (χ3v) is 7.80. The van der Waals surface area contributed by atoms with Crippen molar-refractivity contribution in [2.24, 2.45) is 5.41 Å². The standard InChI is InChI=1S/C37H47N3O9/c1-23(41)31(36(2,3)4)39-34(43)47-18-12-17-46-26-15-11-14-24(19-26)28-20-25-13-9-10-16-29(25)38-32(28)48-27-21-30(33(42)45-8)40(22-27)35(44)49-37(5,6)7/h9-11,13-16,19-20,27,30-31H,12,17-18,21-22H2,1-8H3,(H,39,43)/t27-,30+,31-/m1/s1. The lowest BCUT2D eigenvalue weighted by Crippen LogP contribution is -2.48. The molecular formula is C37H47N3O9. The van der Waals surface area contributed by atoms with Gasteiger partial charge in [0.25, 0.3) is 0 Å². The van der Waals surface area contributed by atoms with Crippen LogP contribution in [0.5, 0.6) is 11.6 Å². The number of para-hydroxylation sites is 1. The Morgan fingerprint density at radius 1 is 0.980 bits per heavy atom. The maximum atomic E-state index is 13.0. The number of esters is 1. The first-order valence-electron chi connectivity index (χ1n) is 16.4. The summed E-state index contributed by atoms with van der Waals surface area (Å²) in [4.78, 5) is 56.1. The number of benzene rings is 2. The molecule has 1 fully saturated rings. The minimum atomic E-state index is -0.866. The zero-order valence-electron chi connectivity index (χ0n) is 29.5. The van der Waals surface area contributed by atoms with Crippen LogP contribution in [0, 0.1) is 5.41 Å². The summed E-state index contributed by atoms with van der Waals surface area (Å²) in [6.07, 6.45) is -1.20. The zero-order chi connectivity index (χ0) is 35.9. The number of fused-ring (bicyclic) bond motifs is 1. The van der Waals surface area contributed by atoms with E-state index in [2.05, 4.69) is 5.32 Å². The summed E-state index contributed by atoms with van der Waals surface area (Å²) in [5.74, 6) is 0.242. The van der Waals surface area contributed by atoms with E-state index in [0.29, 0.717) is 23.6 Å². The van der Waals surface area contributed by atoms with E-state index in [1.807, 2.05) is 75.4 Å². The number of aromatic nitrogens is 1. The summed E-state index contributed by atoms with van der Waals surface area (Å²) in [5, 5.41) is 3.55. The number of nitrogens with one attached hydrogen (secondary N) is 1. The number of hydrogen-bond acceptors (Lipinski definition) is 10. The van der Waals surface area contributed by atoms with Crippen LogP contribution in [0.2, 0.25) is 0 Å². The van der Waals surface area contributed by atoms with E-state index >= 15 is 0 Å². The number of pyridine rings is 1. The molecule has 0 radical (unpaired) electrons. The second kappa shape index (κ2) is 15.6. The average Bonchev–Trinajstić information content (AvgIpc) is 3.45. The lowest BCUT2D eigenvalue weighted by atomic mass is 9.85. The molecule has 1 saturated heterocycles. The maximum absolute atomic E-state index is 13.0. The minimum Gasteiger partial charge on any atom is -0.493 e. The van der Waals surface area contributed by atoms with E-state index in [1.54, 1.807) is 20.8 Å². The number of hydrogen-bond donors (Lipinski definition) is 1. The van der Waals surface area contributed by atoms with Crippen molar-refractivity contribution in [1.29, 1.82) is 0 Å². The molecule has 3 atom stereocenters. The molecule has 0 spiro atoms. The predicted molar refractivity (Wildman–Crippen MR) is 183 cm³/mol. The summed E-state index contributed by atoms with van der Waals surface area (Å²) < 4.78 is 28.3. The fourth-order valence-electron chi connectivity index (χ4n) is 5.57. The van der Waals surface area contributed by atoms with Crippen molar-refractivity contribution in [1.82, 2.24) is 15.2 Å². The number of carbonyl (C=O) groups excluding carboxylic acids is 4. The fourth-order valence-corrected chi connectivity index (χ4v) is 5.57. The number of amides is 2. The molecule has 1 N–H and O–H groups in total. The van der Waals surface area contributed by atoms with Gasteiger partial charge in [-0.3, -0.25) is 9.69 Å². The van der Waals surface area contributed by atoms with Gasteiger partial charge in [0.1, 0.15) is 23.5 Å². The number of carbonyl (C=O) groups is 4. The number of alkyl carbamates (subject to hydrolysis) is 1. The number of nitrogens with zero attached hydrogens (tertiary/aromatic N) is 2. The first kappa shape index (κ1) is 37.0. The van der Waals surface area contributed by atoms with Crippen LogP contribution >= 0.6 is 0 Å². The van der Waals surface area contributed by atoms with Gasteiger partial charge in [0.2, 0.25) is 5.88 Å². The molecule has 0 aliphatic carbocycles. The predicted octanol–water partition coefficient (Wildman–Crippen LogP) is 6.33. The van der Waals surface area contributed by atoms with E-state index in [0.717, 1.165) is 16.5 Å². The second-order valence-corrected chi connectivity index (χ2v) is 14.1. The second-order valence-electron chi connectivity index (χ2n) is 14.1. The number of Topliss-reactive ketones (excluding diaryl/α,β-unsaturated/α-hetero) is 1. The van der Waals surface area contributed by atoms with Gasteiger partial charge in [-0.05, 0) is 62.9 Å². The van der Waals surface area contributed by atoms with E-state index in [4.69, 9.17) is 28.7 Å². The van der Waals surface area contributed by atoms with Crippen LogP contribution < -0.4 is 14.8 Å². The summed E-state index contributed by atoms with van der Waals surface area (Å²) in [7, 11) is 1.28.